The number of hydrogen-bond acceptors (Lipinski definition) is 5. The van der Waals surface area contributed by atoms with E-state index in [4.69, 9.17) is 15.1 Å². The molecule has 0 spiro atoms. The van der Waals surface area contributed by atoms with Crippen molar-refractivity contribution in [3.63, 3.8) is 0 Å². The first-order chi connectivity index (χ1) is 13.6. The van der Waals surface area contributed by atoms with Crippen molar-refractivity contribution in [1.29, 1.82) is 5.41 Å². The molecule has 2 aromatic heterocycles. The Morgan fingerprint density at radius 1 is 1.18 bits per heavy atom. The maximum Gasteiger partial charge on any atom is 0.173 e. The van der Waals surface area contributed by atoms with Crippen LogP contribution in [0.5, 0.6) is 5.75 Å². The molecule has 0 saturated heterocycles. The fourth-order valence-corrected chi connectivity index (χ4v) is 4.03. The molecule has 0 unspecified atom stereocenters. The highest BCUT2D eigenvalue weighted by molar-refractivity contribution is 7.99. The average Bonchev–Trinajstić information content (AvgIpc) is 3.13. The molecule has 2 N–H and O–H groups in total. The van der Waals surface area contributed by atoms with Gasteiger partial charge in [-0.3, -0.25) is 5.41 Å². The van der Waals surface area contributed by atoms with Gasteiger partial charge in [0, 0.05) is 6.54 Å². The Morgan fingerprint density at radius 2 is 2.00 bits per heavy atom. The molecule has 0 fully saturated rings. The van der Waals surface area contributed by atoms with Gasteiger partial charge in [0.2, 0.25) is 0 Å². The Kier molecular flexibility index (Phi) is 5.16. The normalized spacial score (nSPS) is 11.1. The van der Waals surface area contributed by atoms with Crippen molar-refractivity contribution in [2.24, 2.45) is 0 Å². The summed E-state index contributed by atoms with van der Waals surface area (Å²) in [5.74, 6) is 0.803. The molecule has 0 atom stereocenters. The van der Waals surface area contributed by atoms with E-state index in [0.717, 1.165) is 34.8 Å². The third-order valence-electron chi connectivity index (χ3n) is 4.51. The van der Waals surface area contributed by atoms with Crippen LogP contribution in [-0.2, 0) is 13.0 Å². The molecule has 0 aliphatic carbocycles. The number of ether oxygens (including phenoxy) is 1. The number of aromatic nitrogens is 4. The van der Waals surface area contributed by atoms with Crippen LogP contribution < -0.4 is 10.2 Å². The van der Waals surface area contributed by atoms with Gasteiger partial charge in [0.05, 0.1) is 18.3 Å². The number of H-pyrrole nitrogens is 1. The van der Waals surface area contributed by atoms with Crippen LogP contribution in [0, 0.1) is 12.3 Å². The third kappa shape index (κ3) is 3.80. The summed E-state index contributed by atoms with van der Waals surface area (Å²) in [5.41, 5.74) is 3.99. The van der Waals surface area contributed by atoms with Crippen molar-refractivity contribution >= 4 is 22.9 Å². The zero-order valence-corrected chi connectivity index (χ0v) is 16.6. The van der Waals surface area contributed by atoms with E-state index < -0.39 is 0 Å². The number of fused-ring (bicyclic) bond motifs is 1. The largest absolute Gasteiger partial charge is 0.496 e. The van der Waals surface area contributed by atoms with Crippen LogP contribution >= 0.6 is 11.8 Å². The topological polar surface area (TPSA) is 79.6 Å². The molecule has 0 aliphatic rings. The highest BCUT2D eigenvalue weighted by Gasteiger charge is 2.13. The molecule has 28 heavy (non-hydrogen) atoms. The van der Waals surface area contributed by atoms with Crippen LogP contribution in [0.1, 0.15) is 11.1 Å². The molecule has 7 heteroatoms. The van der Waals surface area contributed by atoms with E-state index in [9.17, 15) is 0 Å². The lowest BCUT2D eigenvalue weighted by Gasteiger charge is -2.07. The summed E-state index contributed by atoms with van der Waals surface area (Å²) in [7, 11) is 1.66. The molecule has 142 valence electrons. The first-order valence-corrected chi connectivity index (χ1v) is 9.82. The predicted octanol–water partition coefficient (Wildman–Crippen LogP) is 3.95. The molecule has 4 aromatic rings. The monoisotopic (exact) mass is 391 g/mol. The van der Waals surface area contributed by atoms with Gasteiger partial charge in [-0.25, -0.2) is 9.97 Å². The lowest BCUT2D eigenvalue weighted by atomic mass is 10.1. The summed E-state index contributed by atoms with van der Waals surface area (Å²) < 4.78 is 7.46. The highest BCUT2D eigenvalue weighted by atomic mass is 32.2. The van der Waals surface area contributed by atoms with Gasteiger partial charge in [0.25, 0.3) is 0 Å². The average molecular weight is 392 g/mol. The fourth-order valence-electron chi connectivity index (χ4n) is 3.04. The molecule has 0 radical (unpaired) electrons. The van der Waals surface area contributed by atoms with Crippen LogP contribution in [0.3, 0.4) is 0 Å². The van der Waals surface area contributed by atoms with Crippen LogP contribution in [0.15, 0.2) is 64.9 Å². The van der Waals surface area contributed by atoms with Gasteiger partial charge in [-0.05, 0) is 48.4 Å². The number of aromatic amines is 1. The molecule has 0 saturated carbocycles. The Labute approximate surface area is 167 Å². The number of aryl methyl sites for hydroxylation is 3. The van der Waals surface area contributed by atoms with Gasteiger partial charge in [-0.2, -0.15) is 0 Å². The maximum atomic E-state index is 8.13. The number of methoxy groups -OCH3 is 1. The first kappa shape index (κ1) is 18.3. The summed E-state index contributed by atoms with van der Waals surface area (Å²) >= 11 is 1.49. The minimum atomic E-state index is 0.196. The van der Waals surface area contributed by atoms with Crippen molar-refractivity contribution < 1.29 is 4.74 Å². The smallest absolute Gasteiger partial charge is 0.173 e. The van der Waals surface area contributed by atoms with E-state index in [1.54, 1.807) is 13.4 Å². The zero-order chi connectivity index (χ0) is 19.5. The van der Waals surface area contributed by atoms with Crippen molar-refractivity contribution in [3.05, 3.63) is 71.5 Å². The second kappa shape index (κ2) is 7.90. The van der Waals surface area contributed by atoms with E-state index in [1.807, 2.05) is 41.8 Å². The van der Waals surface area contributed by atoms with Gasteiger partial charge in [-0.15, -0.1) is 0 Å². The van der Waals surface area contributed by atoms with Gasteiger partial charge < -0.3 is 14.3 Å². The van der Waals surface area contributed by atoms with Crippen LogP contribution in [0.2, 0.25) is 0 Å². The minimum absolute atomic E-state index is 0.196. The molecule has 0 amide bonds. The standard InChI is InChI=1S/C21H21N5OS/c1-14-8-9-16(27-2)17(12-14)28-21-24-18-19(22)23-13-26(20(18)25-21)11-10-15-6-4-3-5-7-15/h3-9,12-13,22H,10-11H2,1-2H3,(H,24,25). The van der Waals surface area contributed by atoms with Gasteiger partial charge in [0.1, 0.15) is 11.3 Å². The first-order valence-electron chi connectivity index (χ1n) is 9.00. The number of nitrogens with zero attached hydrogens (tertiary/aromatic N) is 3. The lowest BCUT2D eigenvalue weighted by molar-refractivity contribution is 0.404. The van der Waals surface area contributed by atoms with Crippen molar-refractivity contribution in [2.45, 2.75) is 29.9 Å². The number of imidazole rings is 1. The van der Waals surface area contributed by atoms with Gasteiger partial charge in [0.15, 0.2) is 16.3 Å². The molecule has 0 bridgehead atoms. The summed E-state index contributed by atoms with van der Waals surface area (Å²) in [5, 5.41) is 8.85. The van der Waals surface area contributed by atoms with Crippen molar-refractivity contribution in [2.75, 3.05) is 7.11 Å². The SMILES string of the molecule is COc1ccc(C)cc1Sc1nc2c([nH]1)c(=N)ncn2CCc1ccccc1. The Hall–Kier alpha value is -3.06. The molecule has 2 heterocycles. The Balaban J connectivity index is 1.66. The molecular formula is C21H21N5OS. The minimum Gasteiger partial charge on any atom is -0.496 e. The summed E-state index contributed by atoms with van der Waals surface area (Å²) in [6.45, 7) is 2.79. The molecule has 4 rings (SSSR count). The van der Waals surface area contributed by atoms with E-state index in [2.05, 4.69) is 28.2 Å². The molecule has 2 aromatic carbocycles. The molecular weight excluding hydrogens is 370 g/mol. The molecule has 0 aliphatic heterocycles. The summed E-state index contributed by atoms with van der Waals surface area (Å²) in [6.07, 6.45) is 2.57. The summed E-state index contributed by atoms with van der Waals surface area (Å²) in [4.78, 5) is 13.2. The van der Waals surface area contributed by atoms with Crippen molar-refractivity contribution in [3.8, 4) is 5.75 Å². The number of rotatable bonds is 6. The predicted molar refractivity (Wildman–Crippen MR) is 110 cm³/mol. The van der Waals surface area contributed by atoms with Gasteiger partial charge >= 0.3 is 0 Å². The van der Waals surface area contributed by atoms with E-state index in [1.165, 1.54) is 17.3 Å². The van der Waals surface area contributed by atoms with Crippen LogP contribution in [-0.4, -0.2) is 26.6 Å². The van der Waals surface area contributed by atoms with Gasteiger partial charge in [-0.1, -0.05) is 36.4 Å². The highest BCUT2D eigenvalue weighted by Crippen LogP contribution is 2.34. The maximum absolute atomic E-state index is 8.13. The number of nitrogens with one attached hydrogen (secondary N) is 2. The van der Waals surface area contributed by atoms with Crippen molar-refractivity contribution in [1.82, 2.24) is 19.5 Å². The van der Waals surface area contributed by atoms with Crippen LogP contribution in [0.25, 0.3) is 11.2 Å². The molecule has 6 nitrogen and oxygen atoms in total. The van der Waals surface area contributed by atoms with Crippen LogP contribution in [0.4, 0.5) is 0 Å². The Bertz CT molecular complexity index is 1170. The lowest BCUT2D eigenvalue weighted by Crippen LogP contribution is -2.13. The number of hydrogen-bond donors (Lipinski definition) is 2. The second-order valence-corrected chi connectivity index (χ2v) is 7.55. The zero-order valence-electron chi connectivity index (χ0n) is 15.8. The fraction of sp³-hybridized carbons (Fsp3) is 0.190. The third-order valence-corrected chi connectivity index (χ3v) is 5.43. The second-order valence-electron chi connectivity index (χ2n) is 6.52. The Morgan fingerprint density at radius 3 is 2.79 bits per heavy atom. The summed E-state index contributed by atoms with van der Waals surface area (Å²) in [6, 6.07) is 16.4. The number of benzene rings is 2. The quantitative estimate of drug-likeness (QED) is 0.522. The van der Waals surface area contributed by atoms with E-state index in [0.29, 0.717) is 10.7 Å². The van der Waals surface area contributed by atoms with E-state index in [-0.39, 0.29) is 5.49 Å². The van der Waals surface area contributed by atoms with E-state index >= 15 is 0 Å².